The molecule has 1 heterocycles. The number of aryl methyl sites for hydroxylation is 2. The van der Waals surface area contributed by atoms with Gasteiger partial charge in [0.2, 0.25) is 0 Å². The van der Waals surface area contributed by atoms with E-state index in [9.17, 15) is 0 Å². The molecule has 16 heavy (non-hydrogen) atoms. The summed E-state index contributed by atoms with van der Waals surface area (Å²) in [5.74, 6) is 0. The van der Waals surface area contributed by atoms with Crippen molar-refractivity contribution in [3.63, 3.8) is 0 Å². The minimum absolute atomic E-state index is 0.477. The summed E-state index contributed by atoms with van der Waals surface area (Å²) in [5, 5.41) is 5.13. The average Bonchev–Trinajstić information content (AvgIpc) is 2.57. The zero-order valence-corrected chi connectivity index (χ0v) is 10.1. The molecular weight excluding hydrogens is 222 g/mol. The van der Waals surface area contributed by atoms with Crippen molar-refractivity contribution in [2.45, 2.75) is 20.4 Å². The number of nitrogens with two attached hydrogens (primary N) is 1. The number of hydrogen-bond acceptors (Lipinski definition) is 2. The molecule has 0 aliphatic heterocycles. The molecule has 2 rings (SSSR count). The standard InChI is InChI=1S/C12H14ClN3/c1-8-5-9(2)16(15-8)12-6-11(13)4-3-10(12)7-14/h3-6H,7,14H2,1-2H3. The molecule has 0 amide bonds. The van der Waals surface area contributed by atoms with E-state index < -0.39 is 0 Å². The van der Waals surface area contributed by atoms with Crippen molar-refractivity contribution in [2.75, 3.05) is 0 Å². The number of rotatable bonds is 2. The fourth-order valence-corrected chi connectivity index (χ4v) is 1.95. The molecule has 0 saturated heterocycles. The van der Waals surface area contributed by atoms with Crippen LogP contribution in [0.4, 0.5) is 0 Å². The van der Waals surface area contributed by atoms with Crippen LogP contribution < -0.4 is 5.73 Å². The van der Waals surface area contributed by atoms with Crippen molar-refractivity contribution in [3.05, 3.63) is 46.2 Å². The minimum Gasteiger partial charge on any atom is -0.326 e. The second kappa shape index (κ2) is 4.28. The van der Waals surface area contributed by atoms with E-state index >= 15 is 0 Å². The summed E-state index contributed by atoms with van der Waals surface area (Å²) in [6.45, 7) is 4.46. The smallest absolute Gasteiger partial charge is 0.0708 e. The van der Waals surface area contributed by atoms with E-state index in [2.05, 4.69) is 5.10 Å². The Morgan fingerprint density at radius 3 is 2.62 bits per heavy atom. The average molecular weight is 236 g/mol. The van der Waals surface area contributed by atoms with E-state index in [0.29, 0.717) is 11.6 Å². The molecule has 84 valence electrons. The summed E-state index contributed by atoms with van der Waals surface area (Å²) < 4.78 is 1.88. The van der Waals surface area contributed by atoms with E-state index in [4.69, 9.17) is 17.3 Å². The van der Waals surface area contributed by atoms with Gasteiger partial charge in [-0.3, -0.25) is 0 Å². The fraction of sp³-hybridized carbons (Fsp3) is 0.250. The predicted molar refractivity (Wildman–Crippen MR) is 65.9 cm³/mol. The topological polar surface area (TPSA) is 43.8 Å². The number of nitrogens with zero attached hydrogens (tertiary/aromatic N) is 2. The Kier molecular flexibility index (Phi) is 2.99. The Bertz CT molecular complexity index is 517. The normalized spacial score (nSPS) is 10.8. The van der Waals surface area contributed by atoms with E-state index in [1.54, 1.807) is 0 Å². The van der Waals surface area contributed by atoms with Gasteiger partial charge >= 0.3 is 0 Å². The van der Waals surface area contributed by atoms with Crippen molar-refractivity contribution in [3.8, 4) is 5.69 Å². The van der Waals surface area contributed by atoms with Crippen molar-refractivity contribution < 1.29 is 0 Å². The lowest BCUT2D eigenvalue weighted by Crippen LogP contribution is -2.07. The minimum atomic E-state index is 0.477. The van der Waals surface area contributed by atoms with Gasteiger partial charge in [0.15, 0.2) is 0 Å². The molecule has 0 unspecified atom stereocenters. The molecule has 4 heteroatoms. The molecular formula is C12H14ClN3. The zero-order chi connectivity index (χ0) is 11.7. The van der Waals surface area contributed by atoms with Crippen molar-refractivity contribution in [2.24, 2.45) is 5.73 Å². The number of benzene rings is 1. The van der Waals surface area contributed by atoms with Gasteiger partial charge in [-0.25, -0.2) is 4.68 Å². The monoisotopic (exact) mass is 235 g/mol. The third kappa shape index (κ3) is 1.96. The molecule has 0 saturated carbocycles. The van der Waals surface area contributed by atoms with Gasteiger partial charge in [-0.05, 0) is 37.6 Å². The number of aromatic nitrogens is 2. The second-order valence-corrected chi connectivity index (χ2v) is 4.25. The van der Waals surface area contributed by atoms with Gasteiger partial charge in [-0.15, -0.1) is 0 Å². The highest BCUT2D eigenvalue weighted by atomic mass is 35.5. The van der Waals surface area contributed by atoms with Crippen LogP contribution in [0.5, 0.6) is 0 Å². The molecule has 0 aliphatic rings. The van der Waals surface area contributed by atoms with Gasteiger partial charge in [0, 0.05) is 17.3 Å². The molecule has 0 aliphatic carbocycles. The number of hydrogen-bond donors (Lipinski definition) is 1. The van der Waals surface area contributed by atoms with Crippen LogP contribution in [-0.4, -0.2) is 9.78 Å². The molecule has 0 radical (unpaired) electrons. The first-order valence-electron chi connectivity index (χ1n) is 5.14. The quantitative estimate of drug-likeness (QED) is 0.870. The lowest BCUT2D eigenvalue weighted by Gasteiger charge is -2.10. The van der Waals surface area contributed by atoms with Crippen molar-refractivity contribution >= 4 is 11.6 Å². The summed E-state index contributed by atoms with van der Waals surface area (Å²) >= 11 is 6.00. The molecule has 0 atom stereocenters. The first-order valence-corrected chi connectivity index (χ1v) is 5.51. The van der Waals surface area contributed by atoms with E-state index in [1.807, 2.05) is 42.8 Å². The van der Waals surface area contributed by atoms with Crippen LogP contribution in [0.2, 0.25) is 5.02 Å². The molecule has 0 bridgehead atoms. The highest BCUT2D eigenvalue weighted by Crippen LogP contribution is 2.21. The Morgan fingerprint density at radius 1 is 1.31 bits per heavy atom. The summed E-state index contributed by atoms with van der Waals surface area (Å²) in [5.41, 5.74) is 9.77. The highest BCUT2D eigenvalue weighted by molar-refractivity contribution is 6.30. The molecule has 0 spiro atoms. The third-order valence-corrected chi connectivity index (χ3v) is 2.74. The van der Waals surface area contributed by atoms with Gasteiger partial charge in [-0.2, -0.15) is 5.10 Å². The molecule has 1 aromatic heterocycles. The van der Waals surface area contributed by atoms with Crippen LogP contribution in [-0.2, 0) is 6.54 Å². The maximum Gasteiger partial charge on any atom is 0.0708 e. The third-order valence-electron chi connectivity index (χ3n) is 2.51. The second-order valence-electron chi connectivity index (χ2n) is 3.82. The maximum absolute atomic E-state index is 6.00. The van der Waals surface area contributed by atoms with Crippen LogP contribution in [0.3, 0.4) is 0 Å². The summed E-state index contributed by atoms with van der Waals surface area (Å²) in [7, 11) is 0. The van der Waals surface area contributed by atoms with Crippen LogP contribution in [0.15, 0.2) is 24.3 Å². The summed E-state index contributed by atoms with van der Waals surface area (Å²) in [6.07, 6.45) is 0. The Hall–Kier alpha value is -1.32. The van der Waals surface area contributed by atoms with Crippen molar-refractivity contribution in [1.82, 2.24) is 9.78 Å². The van der Waals surface area contributed by atoms with Gasteiger partial charge < -0.3 is 5.73 Å². The summed E-state index contributed by atoms with van der Waals surface area (Å²) in [6, 6.07) is 7.71. The van der Waals surface area contributed by atoms with Crippen LogP contribution in [0.1, 0.15) is 17.0 Å². The molecule has 0 fully saturated rings. The predicted octanol–water partition coefficient (Wildman–Crippen LogP) is 2.60. The SMILES string of the molecule is Cc1cc(C)n(-c2cc(Cl)ccc2CN)n1. The van der Waals surface area contributed by atoms with Gasteiger partial charge in [-0.1, -0.05) is 17.7 Å². The van der Waals surface area contributed by atoms with Crippen LogP contribution >= 0.6 is 11.6 Å². The van der Waals surface area contributed by atoms with Gasteiger partial charge in [0.1, 0.15) is 0 Å². The van der Waals surface area contributed by atoms with E-state index in [1.165, 1.54) is 0 Å². The van der Waals surface area contributed by atoms with E-state index in [-0.39, 0.29) is 0 Å². The molecule has 2 N–H and O–H groups in total. The van der Waals surface area contributed by atoms with Crippen LogP contribution in [0, 0.1) is 13.8 Å². The maximum atomic E-state index is 6.00. The summed E-state index contributed by atoms with van der Waals surface area (Å²) in [4.78, 5) is 0. The van der Waals surface area contributed by atoms with E-state index in [0.717, 1.165) is 22.6 Å². The lowest BCUT2D eigenvalue weighted by atomic mass is 10.2. The lowest BCUT2D eigenvalue weighted by molar-refractivity contribution is 0.818. The van der Waals surface area contributed by atoms with Crippen molar-refractivity contribution in [1.29, 1.82) is 0 Å². The first-order chi connectivity index (χ1) is 7.61. The van der Waals surface area contributed by atoms with Gasteiger partial charge in [0.25, 0.3) is 0 Å². The zero-order valence-electron chi connectivity index (χ0n) is 9.37. The number of halogens is 1. The van der Waals surface area contributed by atoms with Crippen LogP contribution in [0.25, 0.3) is 5.69 Å². The Labute approximate surface area is 99.8 Å². The Balaban J connectivity index is 2.62. The Morgan fingerprint density at radius 2 is 2.06 bits per heavy atom. The first kappa shape index (κ1) is 11.2. The molecule has 2 aromatic rings. The van der Waals surface area contributed by atoms with Gasteiger partial charge in [0.05, 0.1) is 11.4 Å². The molecule has 3 nitrogen and oxygen atoms in total. The fourth-order valence-electron chi connectivity index (χ4n) is 1.78. The largest absolute Gasteiger partial charge is 0.326 e. The highest BCUT2D eigenvalue weighted by Gasteiger charge is 2.08. The molecule has 1 aromatic carbocycles.